The van der Waals surface area contributed by atoms with Gasteiger partial charge in [-0.1, -0.05) is 42.0 Å². The third-order valence-electron chi connectivity index (χ3n) is 4.99. The number of carboxylic acid groups (broad SMARTS) is 1. The second kappa shape index (κ2) is 8.60. The van der Waals surface area contributed by atoms with E-state index in [1.807, 2.05) is 60.2 Å². The second-order valence-electron chi connectivity index (χ2n) is 7.26. The zero-order valence-electron chi connectivity index (χ0n) is 16.9. The zero-order valence-corrected chi connectivity index (χ0v) is 16.9. The molecular formula is C26H20N2O3. The Balaban J connectivity index is 1.60. The SMILES string of the molecule is Cc1cccc(COc2cccc(-c3cn(-c4ccc(C(=O)O)cc4)cc3C#N)c2)c1. The van der Waals surface area contributed by atoms with Crippen LogP contribution in [0, 0.1) is 18.3 Å². The lowest BCUT2D eigenvalue weighted by Crippen LogP contribution is -1.97. The van der Waals surface area contributed by atoms with Gasteiger partial charge in [0.25, 0.3) is 0 Å². The van der Waals surface area contributed by atoms with Crippen LogP contribution in [0.4, 0.5) is 0 Å². The summed E-state index contributed by atoms with van der Waals surface area (Å²) in [5, 5.41) is 18.7. The molecule has 0 bridgehead atoms. The average molecular weight is 408 g/mol. The van der Waals surface area contributed by atoms with Crippen LogP contribution in [0.15, 0.2) is 85.2 Å². The molecule has 1 aromatic heterocycles. The Labute approximate surface area is 180 Å². The number of hydrogen-bond acceptors (Lipinski definition) is 3. The largest absolute Gasteiger partial charge is 0.489 e. The number of nitrogens with zero attached hydrogens (tertiary/aromatic N) is 2. The smallest absolute Gasteiger partial charge is 0.335 e. The van der Waals surface area contributed by atoms with Gasteiger partial charge in [0, 0.05) is 23.6 Å². The number of nitriles is 1. The molecule has 0 aliphatic carbocycles. The van der Waals surface area contributed by atoms with E-state index in [0.717, 1.165) is 28.1 Å². The Morgan fingerprint density at radius 1 is 1.03 bits per heavy atom. The maximum atomic E-state index is 11.1. The Kier molecular flexibility index (Phi) is 5.55. The minimum absolute atomic E-state index is 0.218. The molecule has 0 unspecified atom stereocenters. The van der Waals surface area contributed by atoms with Crippen LogP contribution >= 0.6 is 0 Å². The molecule has 0 aliphatic rings. The number of rotatable bonds is 6. The normalized spacial score (nSPS) is 10.5. The monoisotopic (exact) mass is 408 g/mol. The van der Waals surface area contributed by atoms with Gasteiger partial charge in [-0.05, 0) is 54.4 Å². The van der Waals surface area contributed by atoms with Crippen LogP contribution < -0.4 is 4.74 Å². The molecular weight excluding hydrogens is 388 g/mol. The molecule has 0 spiro atoms. The first-order valence-electron chi connectivity index (χ1n) is 9.78. The van der Waals surface area contributed by atoms with Crippen LogP contribution in [-0.2, 0) is 6.61 Å². The first kappa shape index (κ1) is 20.0. The summed E-state index contributed by atoms with van der Waals surface area (Å²) in [5.74, 6) is -0.249. The van der Waals surface area contributed by atoms with Crippen LogP contribution in [0.25, 0.3) is 16.8 Å². The van der Waals surface area contributed by atoms with E-state index in [4.69, 9.17) is 9.84 Å². The Bertz CT molecular complexity index is 1280. The second-order valence-corrected chi connectivity index (χ2v) is 7.26. The summed E-state index contributed by atoms with van der Waals surface area (Å²) in [5.41, 5.74) is 5.46. The molecule has 4 aromatic rings. The van der Waals surface area contributed by atoms with E-state index in [1.54, 1.807) is 30.5 Å². The van der Waals surface area contributed by atoms with Gasteiger partial charge in [-0.25, -0.2) is 4.79 Å². The lowest BCUT2D eigenvalue weighted by atomic mass is 10.1. The third-order valence-corrected chi connectivity index (χ3v) is 4.99. The van der Waals surface area contributed by atoms with E-state index >= 15 is 0 Å². The van der Waals surface area contributed by atoms with Crippen molar-refractivity contribution in [1.29, 1.82) is 5.26 Å². The van der Waals surface area contributed by atoms with Gasteiger partial charge in [0.2, 0.25) is 0 Å². The molecule has 0 saturated carbocycles. The maximum Gasteiger partial charge on any atom is 0.335 e. The van der Waals surface area contributed by atoms with Crippen molar-refractivity contribution in [3.05, 3.63) is 107 Å². The Morgan fingerprint density at radius 3 is 2.52 bits per heavy atom. The van der Waals surface area contributed by atoms with Crippen LogP contribution in [0.3, 0.4) is 0 Å². The predicted octanol–water partition coefficient (Wildman–Crippen LogP) is 5.60. The van der Waals surface area contributed by atoms with E-state index in [2.05, 4.69) is 12.1 Å². The van der Waals surface area contributed by atoms with E-state index in [9.17, 15) is 10.1 Å². The van der Waals surface area contributed by atoms with Crippen molar-refractivity contribution in [3.8, 4) is 28.6 Å². The summed E-state index contributed by atoms with van der Waals surface area (Å²) in [7, 11) is 0. The minimum Gasteiger partial charge on any atom is -0.489 e. The van der Waals surface area contributed by atoms with Gasteiger partial charge in [0.05, 0.1) is 11.1 Å². The van der Waals surface area contributed by atoms with Crippen molar-refractivity contribution in [2.75, 3.05) is 0 Å². The average Bonchev–Trinajstić information content (AvgIpc) is 3.23. The lowest BCUT2D eigenvalue weighted by Gasteiger charge is -2.09. The predicted molar refractivity (Wildman–Crippen MR) is 118 cm³/mol. The molecule has 31 heavy (non-hydrogen) atoms. The Morgan fingerprint density at radius 2 is 1.81 bits per heavy atom. The highest BCUT2D eigenvalue weighted by Crippen LogP contribution is 2.29. The van der Waals surface area contributed by atoms with Gasteiger partial charge < -0.3 is 14.4 Å². The highest BCUT2D eigenvalue weighted by Gasteiger charge is 2.12. The summed E-state index contributed by atoms with van der Waals surface area (Å²) in [6, 6.07) is 24.6. The van der Waals surface area contributed by atoms with E-state index < -0.39 is 5.97 Å². The molecule has 4 rings (SSSR count). The molecule has 0 fully saturated rings. The van der Waals surface area contributed by atoms with Crippen molar-refractivity contribution in [2.24, 2.45) is 0 Å². The molecule has 0 atom stereocenters. The quantitative estimate of drug-likeness (QED) is 0.450. The first-order chi connectivity index (χ1) is 15.0. The molecule has 0 saturated heterocycles. The van der Waals surface area contributed by atoms with Crippen molar-refractivity contribution in [3.63, 3.8) is 0 Å². The van der Waals surface area contributed by atoms with E-state index in [1.165, 1.54) is 5.56 Å². The number of carboxylic acids is 1. The van der Waals surface area contributed by atoms with Gasteiger partial charge in [-0.2, -0.15) is 5.26 Å². The molecule has 0 aliphatic heterocycles. The number of aryl methyl sites for hydroxylation is 1. The zero-order chi connectivity index (χ0) is 21.8. The van der Waals surface area contributed by atoms with Gasteiger partial charge in [-0.15, -0.1) is 0 Å². The van der Waals surface area contributed by atoms with Crippen LogP contribution in [0.2, 0.25) is 0 Å². The molecule has 0 amide bonds. The number of hydrogen-bond donors (Lipinski definition) is 1. The number of carbonyl (C=O) groups is 1. The van der Waals surface area contributed by atoms with Crippen molar-refractivity contribution in [1.82, 2.24) is 4.57 Å². The van der Waals surface area contributed by atoms with Crippen LogP contribution in [0.5, 0.6) is 5.75 Å². The molecule has 1 N–H and O–H groups in total. The maximum absolute atomic E-state index is 11.1. The molecule has 5 nitrogen and oxygen atoms in total. The summed E-state index contributed by atoms with van der Waals surface area (Å²) in [4.78, 5) is 11.1. The Hall–Kier alpha value is -4.30. The van der Waals surface area contributed by atoms with E-state index in [-0.39, 0.29) is 5.56 Å². The first-order valence-corrected chi connectivity index (χ1v) is 9.78. The summed E-state index contributed by atoms with van der Waals surface area (Å²) < 4.78 is 7.78. The van der Waals surface area contributed by atoms with Gasteiger partial charge in [0.1, 0.15) is 18.4 Å². The molecule has 152 valence electrons. The van der Waals surface area contributed by atoms with Crippen LogP contribution in [0.1, 0.15) is 27.0 Å². The number of benzene rings is 3. The standard InChI is InChI=1S/C26H20N2O3/c1-18-4-2-5-19(12-18)17-31-24-7-3-6-21(13-24)25-16-28(15-22(25)14-27)23-10-8-20(9-11-23)26(29)30/h2-13,15-16H,17H2,1H3,(H,29,30). The fraction of sp³-hybridized carbons (Fsp3) is 0.0769. The highest BCUT2D eigenvalue weighted by molar-refractivity contribution is 5.87. The van der Waals surface area contributed by atoms with Gasteiger partial charge in [-0.3, -0.25) is 0 Å². The molecule has 5 heteroatoms. The molecule has 0 radical (unpaired) electrons. The van der Waals surface area contributed by atoms with Crippen molar-refractivity contribution in [2.45, 2.75) is 13.5 Å². The lowest BCUT2D eigenvalue weighted by molar-refractivity contribution is 0.0697. The topological polar surface area (TPSA) is 75.2 Å². The van der Waals surface area contributed by atoms with Crippen molar-refractivity contribution >= 4 is 5.97 Å². The van der Waals surface area contributed by atoms with Gasteiger partial charge in [0.15, 0.2) is 0 Å². The van der Waals surface area contributed by atoms with Crippen LogP contribution in [-0.4, -0.2) is 15.6 Å². The summed E-state index contributed by atoms with van der Waals surface area (Å²) in [6.45, 7) is 2.51. The number of aromatic nitrogens is 1. The number of aromatic carboxylic acids is 1. The molecule has 3 aromatic carbocycles. The minimum atomic E-state index is -0.972. The van der Waals surface area contributed by atoms with E-state index in [0.29, 0.717) is 12.2 Å². The summed E-state index contributed by atoms with van der Waals surface area (Å²) in [6.07, 6.45) is 3.61. The van der Waals surface area contributed by atoms with Crippen molar-refractivity contribution < 1.29 is 14.6 Å². The fourth-order valence-electron chi connectivity index (χ4n) is 3.42. The fourth-order valence-corrected chi connectivity index (χ4v) is 3.42. The summed E-state index contributed by atoms with van der Waals surface area (Å²) >= 11 is 0. The number of ether oxygens (including phenoxy) is 1. The molecule has 1 heterocycles. The third kappa shape index (κ3) is 4.49. The van der Waals surface area contributed by atoms with Gasteiger partial charge >= 0.3 is 5.97 Å². The highest BCUT2D eigenvalue weighted by atomic mass is 16.5.